The fraction of sp³-hybridized carbons (Fsp3) is 0.889. The average molecular weight is 171 g/mol. The first-order chi connectivity index (χ1) is 5.42. The third kappa shape index (κ3) is 1.97. The molecule has 1 fully saturated rings. The van der Waals surface area contributed by atoms with Crippen molar-refractivity contribution in [3.63, 3.8) is 0 Å². The minimum Gasteiger partial charge on any atom is -0.459 e. The van der Waals surface area contributed by atoms with Crippen molar-refractivity contribution in [2.45, 2.75) is 25.9 Å². The number of cyclic esters (lactones) is 1. The van der Waals surface area contributed by atoms with E-state index in [1.807, 2.05) is 27.9 Å². The van der Waals surface area contributed by atoms with E-state index in [0.717, 1.165) is 6.54 Å². The second-order valence-corrected chi connectivity index (χ2v) is 4.24. The predicted molar refractivity (Wildman–Crippen MR) is 46.8 cm³/mol. The summed E-state index contributed by atoms with van der Waals surface area (Å²) in [5.74, 6) is 0.270. The summed E-state index contributed by atoms with van der Waals surface area (Å²) in [5.41, 5.74) is -0.276. The Balaban J connectivity index is 2.59. The van der Waals surface area contributed by atoms with E-state index in [1.54, 1.807) is 0 Å². The highest BCUT2D eigenvalue weighted by atomic mass is 16.6. The van der Waals surface area contributed by atoms with Crippen molar-refractivity contribution >= 4 is 5.97 Å². The molecule has 1 unspecified atom stereocenters. The SMILES string of the molecule is CN(C)CC1CC(=O)OC1(C)C. The molecule has 0 aliphatic carbocycles. The lowest BCUT2D eigenvalue weighted by Gasteiger charge is -2.26. The van der Waals surface area contributed by atoms with Gasteiger partial charge in [-0.3, -0.25) is 4.79 Å². The van der Waals surface area contributed by atoms with Crippen LogP contribution in [0.15, 0.2) is 0 Å². The monoisotopic (exact) mass is 171 g/mol. The molecule has 1 rings (SSSR count). The minimum atomic E-state index is -0.276. The molecule has 0 bridgehead atoms. The van der Waals surface area contributed by atoms with Gasteiger partial charge in [0.15, 0.2) is 0 Å². The number of hydrogen-bond acceptors (Lipinski definition) is 3. The van der Waals surface area contributed by atoms with Crippen molar-refractivity contribution in [1.29, 1.82) is 0 Å². The van der Waals surface area contributed by atoms with Gasteiger partial charge >= 0.3 is 5.97 Å². The summed E-state index contributed by atoms with van der Waals surface area (Å²) >= 11 is 0. The lowest BCUT2D eigenvalue weighted by Crippen LogP contribution is -2.34. The maximum atomic E-state index is 11.0. The van der Waals surface area contributed by atoms with Crippen LogP contribution in [-0.2, 0) is 9.53 Å². The molecule has 1 saturated heterocycles. The summed E-state index contributed by atoms with van der Waals surface area (Å²) in [6, 6.07) is 0. The maximum Gasteiger partial charge on any atom is 0.306 e. The Bertz CT molecular complexity index is 187. The Morgan fingerprint density at radius 3 is 2.50 bits per heavy atom. The molecular formula is C9H17NO2. The summed E-state index contributed by atoms with van der Waals surface area (Å²) in [7, 11) is 4.03. The molecule has 0 radical (unpaired) electrons. The zero-order valence-corrected chi connectivity index (χ0v) is 8.26. The van der Waals surface area contributed by atoms with Crippen LogP contribution in [0.1, 0.15) is 20.3 Å². The Labute approximate surface area is 73.7 Å². The Morgan fingerprint density at radius 2 is 2.17 bits per heavy atom. The van der Waals surface area contributed by atoms with Gasteiger partial charge in [0, 0.05) is 12.5 Å². The van der Waals surface area contributed by atoms with Crippen molar-refractivity contribution in [3.05, 3.63) is 0 Å². The molecule has 3 heteroatoms. The van der Waals surface area contributed by atoms with Crippen molar-refractivity contribution in [1.82, 2.24) is 4.90 Å². The molecule has 0 amide bonds. The number of esters is 1. The van der Waals surface area contributed by atoms with Crippen LogP contribution in [0.4, 0.5) is 0 Å². The van der Waals surface area contributed by atoms with Crippen LogP contribution in [0.3, 0.4) is 0 Å². The molecule has 70 valence electrons. The molecule has 3 nitrogen and oxygen atoms in total. The summed E-state index contributed by atoms with van der Waals surface area (Å²) in [6.45, 7) is 4.87. The first-order valence-corrected chi connectivity index (χ1v) is 4.28. The fourth-order valence-electron chi connectivity index (χ4n) is 1.59. The number of carbonyl (C=O) groups is 1. The molecule has 0 aromatic heterocycles. The van der Waals surface area contributed by atoms with E-state index >= 15 is 0 Å². The van der Waals surface area contributed by atoms with Crippen LogP contribution in [0.5, 0.6) is 0 Å². The molecule has 1 aliphatic rings. The largest absolute Gasteiger partial charge is 0.459 e. The highest BCUT2D eigenvalue weighted by Gasteiger charge is 2.41. The van der Waals surface area contributed by atoms with Gasteiger partial charge in [0.2, 0.25) is 0 Å². The predicted octanol–water partition coefficient (Wildman–Crippen LogP) is 0.890. The first kappa shape index (κ1) is 9.52. The zero-order chi connectivity index (χ0) is 9.35. The quantitative estimate of drug-likeness (QED) is 0.578. The normalized spacial score (nSPS) is 27.8. The van der Waals surface area contributed by atoms with E-state index < -0.39 is 0 Å². The Hall–Kier alpha value is -0.570. The molecule has 0 spiro atoms. The molecular weight excluding hydrogens is 154 g/mol. The third-order valence-electron chi connectivity index (χ3n) is 2.36. The second kappa shape index (κ2) is 3.05. The molecule has 1 heterocycles. The lowest BCUT2D eigenvalue weighted by atomic mass is 9.90. The minimum absolute atomic E-state index is 0.0631. The topological polar surface area (TPSA) is 29.5 Å². The maximum absolute atomic E-state index is 11.0. The summed E-state index contributed by atoms with van der Waals surface area (Å²) in [6.07, 6.45) is 0.561. The number of ether oxygens (including phenoxy) is 1. The highest BCUT2D eigenvalue weighted by molar-refractivity contribution is 5.72. The van der Waals surface area contributed by atoms with Gasteiger partial charge in [-0.2, -0.15) is 0 Å². The van der Waals surface area contributed by atoms with E-state index in [0.29, 0.717) is 12.3 Å². The van der Waals surface area contributed by atoms with Gasteiger partial charge < -0.3 is 9.64 Å². The van der Waals surface area contributed by atoms with E-state index in [4.69, 9.17) is 4.74 Å². The van der Waals surface area contributed by atoms with Gasteiger partial charge in [0.25, 0.3) is 0 Å². The molecule has 0 N–H and O–H groups in total. The fourth-order valence-corrected chi connectivity index (χ4v) is 1.59. The summed E-state index contributed by atoms with van der Waals surface area (Å²) in [5, 5.41) is 0. The van der Waals surface area contributed by atoms with Gasteiger partial charge in [0.1, 0.15) is 5.60 Å². The van der Waals surface area contributed by atoms with Gasteiger partial charge in [-0.25, -0.2) is 0 Å². The number of rotatable bonds is 2. The lowest BCUT2D eigenvalue weighted by molar-refractivity contribution is -0.146. The van der Waals surface area contributed by atoms with E-state index in [1.165, 1.54) is 0 Å². The molecule has 12 heavy (non-hydrogen) atoms. The van der Waals surface area contributed by atoms with Crippen LogP contribution < -0.4 is 0 Å². The van der Waals surface area contributed by atoms with Crippen LogP contribution in [-0.4, -0.2) is 37.1 Å². The average Bonchev–Trinajstić information content (AvgIpc) is 2.04. The summed E-state index contributed by atoms with van der Waals surface area (Å²) < 4.78 is 5.20. The van der Waals surface area contributed by atoms with Crippen LogP contribution >= 0.6 is 0 Å². The van der Waals surface area contributed by atoms with Crippen LogP contribution in [0.25, 0.3) is 0 Å². The van der Waals surface area contributed by atoms with E-state index in [9.17, 15) is 4.79 Å². The van der Waals surface area contributed by atoms with E-state index in [2.05, 4.69) is 4.90 Å². The smallest absolute Gasteiger partial charge is 0.306 e. The number of nitrogens with zero attached hydrogens (tertiary/aromatic N) is 1. The van der Waals surface area contributed by atoms with E-state index in [-0.39, 0.29) is 11.6 Å². The number of hydrogen-bond donors (Lipinski definition) is 0. The molecule has 0 aromatic carbocycles. The van der Waals surface area contributed by atoms with Gasteiger partial charge in [-0.15, -0.1) is 0 Å². The van der Waals surface area contributed by atoms with Gasteiger partial charge in [-0.05, 0) is 27.9 Å². The second-order valence-electron chi connectivity index (χ2n) is 4.24. The zero-order valence-electron chi connectivity index (χ0n) is 8.26. The Kier molecular flexibility index (Phi) is 2.42. The molecule has 0 aromatic rings. The summed E-state index contributed by atoms with van der Waals surface area (Å²) in [4.78, 5) is 13.1. The van der Waals surface area contributed by atoms with Crippen molar-refractivity contribution in [2.75, 3.05) is 20.6 Å². The van der Waals surface area contributed by atoms with Gasteiger partial charge in [-0.1, -0.05) is 0 Å². The van der Waals surface area contributed by atoms with Crippen LogP contribution in [0.2, 0.25) is 0 Å². The third-order valence-corrected chi connectivity index (χ3v) is 2.36. The molecule has 1 atom stereocenters. The van der Waals surface area contributed by atoms with Gasteiger partial charge in [0.05, 0.1) is 6.42 Å². The van der Waals surface area contributed by atoms with Crippen molar-refractivity contribution in [3.8, 4) is 0 Å². The molecule has 1 aliphatic heterocycles. The standard InChI is InChI=1S/C9H17NO2/c1-9(2)7(6-10(3)4)5-8(11)12-9/h7H,5-6H2,1-4H3. The highest BCUT2D eigenvalue weighted by Crippen LogP contribution is 2.32. The Morgan fingerprint density at radius 1 is 1.58 bits per heavy atom. The van der Waals surface area contributed by atoms with Crippen molar-refractivity contribution < 1.29 is 9.53 Å². The molecule has 0 saturated carbocycles. The first-order valence-electron chi connectivity index (χ1n) is 4.28. The number of carbonyl (C=O) groups excluding carboxylic acids is 1. The van der Waals surface area contributed by atoms with Crippen LogP contribution in [0, 0.1) is 5.92 Å². The van der Waals surface area contributed by atoms with Crippen molar-refractivity contribution in [2.24, 2.45) is 5.92 Å².